The fourth-order valence-electron chi connectivity index (χ4n) is 3.49. The SMILES string of the molecule is O=C(NCc1cc(OC(F)(F)F)ccc1F)c1cn(CCCCc2ccc(NC(O)C3CC3)nn2)nn1. The van der Waals surface area contributed by atoms with Gasteiger partial charge in [-0.15, -0.1) is 23.4 Å². The molecule has 1 atom stereocenters. The smallest absolute Gasteiger partial charge is 0.406 e. The lowest BCUT2D eigenvalue weighted by Crippen LogP contribution is -2.24. The lowest BCUT2D eigenvalue weighted by atomic mass is 10.2. The highest BCUT2D eigenvalue weighted by molar-refractivity contribution is 5.91. The molecule has 1 amide bonds. The van der Waals surface area contributed by atoms with E-state index in [0.717, 1.165) is 49.6 Å². The van der Waals surface area contributed by atoms with Crippen molar-refractivity contribution < 1.29 is 32.2 Å². The Kier molecular flexibility index (Phi) is 8.16. The van der Waals surface area contributed by atoms with E-state index in [2.05, 4.69) is 35.9 Å². The maximum Gasteiger partial charge on any atom is 0.573 e. The highest BCUT2D eigenvalue weighted by Crippen LogP contribution is 2.32. The third kappa shape index (κ3) is 8.10. The Hall–Kier alpha value is -3.81. The molecule has 4 rings (SSSR count). The number of carbonyl (C=O) groups excluding carboxylic acids is 1. The number of nitrogens with one attached hydrogen (secondary N) is 2. The first-order valence-electron chi connectivity index (χ1n) is 11.7. The van der Waals surface area contributed by atoms with Gasteiger partial charge in [0, 0.05) is 24.6 Å². The normalized spacial score (nSPS) is 14.3. The Labute approximate surface area is 209 Å². The zero-order valence-electron chi connectivity index (χ0n) is 19.6. The van der Waals surface area contributed by atoms with Crippen molar-refractivity contribution in [3.05, 3.63) is 59.3 Å². The summed E-state index contributed by atoms with van der Waals surface area (Å²) in [5.74, 6) is -1.21. The molecule has 1 unspecified atom stereocenters. The molecular weight excluding hydrogens is 498 g/mol. The number of ether oxygens (including phenoxy) is 1. The van der Waals surface area contributed by atoms with Crippen molar-refractivity contribution in [2.45, 2.75) is 57.8 Å². The Bertz CT molecular complexity index is 1200. The first-order valence-corrected chi connectivity index (χ1v) is 11.7. The summed E-state index contributed by atoms with van der Waals surface area (Å²) in [6.45, 7) is 0.133. The molecular formula is C23H25F4N7O3. The third-order valence-electron chi connectivity index (χ3n) is 5.62. The van der Waals surface area contributed by atoms with Gasteiger partial charge < -0.3 is 20.5 Å². The van der Waals surface area contributed by atoms with E-state index in [0.29, 0.717) is 18.8 Å². The van der Waals surface area contributed by atoms with Crippen molar-refractivity contribution in [2.75, 3.05) is 5.32 Å². The van der Waals surface area contributed by atoms with Crippen molar-refractivity contribution in [3.8, 4) is 5.75 Å². The molecule has 1 aliphatic carbocycles. The summed E-state index contributed by atoms with van der Waals surface area (Å²) in [6, 6.07) is 6.17. The van der Waals surface area contributed by atoms with Crippen LogP contribution in [0.1, 0.15) is 47.4 Å². The van der Waals surface area contributed by atoms with Crippen LogP contribution in [-0.2, 0) is 19.5 Å². The van der Waals surface area contributed by atoms with Crippen molar-refractivity contribution in [1.29, 1.82) is 0 Å². The molecule has 1 fully saturated rings. The molecule has 2 aromatic heterocycles. The summed E-state index contributed by atoms with van der Waals surface area (Å²) in [4.78, 5) is 12.3. The second kappa shape index (κ2) is 11.5. The number of unbranched alkanes of at least 4 members (excludes halogenated alkanes) is 1. The third-order valence-corrected chi connectivity index (χ3v) is 5.62. The van der Waals surface area contributed by atoms with Crippen molar-refractivity contribution in [1.82, 2.24) is 30.5 Å². The summed E-state index contributed by atoms with van der Waals surface area (Å²) < 4.78 is 56.3. The van der Waals surface area contributed by atoms with Crippen molar-refractivity contribution in [3.63, 3.8) is 0 Å². The van der Waals surface area contributed by atoms with Crippen LogP contribution in [0.5, 0.6) is 5.75 Å². The Morgan fingerprint density at radius 2 is 1.97 bits per heavy atom. The number of rotatable bonds is 12. The minimum Gasteiger partial charge on any atom is -0.406 e. The maximum atomic E-state index is 13.9. The summed E-state index contributed by atoms with van der Waals surface area (Å²) in [7, 11) is 0. The molecule has 1 aliphatic rings. The summed E-state index contributed by atoms with van der Waals surface area (Å²) in [6.07, 6.45) is 0.134. The number of amides is 1. The van der Waals surface area contributed by atoms with Crippen molar-refractivity contribution >= 4 is 11.7 Å². The number of anilines is 1. The number of alkyl halides is 3. The van der Waals surface area contributed by atoms with Crippen LogP contribution >= 0.6 is 0 Å². The van der Waals surface area contributed by atoms with Crippen LogP contribution in [0.25, 0.3) is 0 Å². The predicted octanol–water partition coefficient (Wildman–Crippen LogP) is 3.20. The Balaban J connectivity index is 1.19. The first kappa shape index (κ1) is 26.3. The second-order valence-electron chi connectivity index (χ2n) is 8.64. The van der Waals surface area contributed by atoms with E-state index in [9.17, 15) is 27.5 Å². The molecule has 10 nitrogen and oxygen atoms in total. The molecule has 198 valence electrons. The fraction of sp³-hybridized carbons (Fsp3) is 0.435. The number of halogens is 4. The van der Waals surface area contributed by atoms with Gasteiger partial charge in [0.15, 0.2) is 11.5 Å². The average molecular weight is 523 g/mol. The van der Waals surface area contributed by atoms with Gasteiger partial charge in [-0.1, -0.05) is 5.21 Å². The summed E-state index contributed by atoms with van der Waals surface area (Å²) >= 11 is 0. The summed E-state index contributed by atoms with van der Waals surface area (Å²) in [5.41, 5.74) is 0.626. The molecule has 0 radical (unpaired) electrons. The molecule has 0 saturated heterocycles. The van der Waals surface area contributed by atoms with E-state index in [1.807, 2.05) is 6.07 Å². The number of hydrogen-bond acceptors (Lipinski definition) is 8. The first-order chi connectivity index (χ1) is 17.7. The molecule has 14 heteroatoms. The number of aliphatic hydroxyl groups excluding tert-OH is 1. The van der Waals surface area contributed by atoms with Gasteiger partial charge in [0.25, 0.3) is 5.91 Å². The van der Waals surface area contributed by atoms with Gasteiger partial charge >= 0.3 is 6.36 Å². The molecule has 3 N–H and O–H groups in total. The maximum absolute atomic E-state index is 13.9. The second-order valence-corrected chi connectivity index (χ2v) is 8.64. The minimum atomic E-state index is -4.91. The van der Waals surface area contributed by atoms with E-state index in [-0.39, 0.29) is 23.7 Å². The lowest BCUT2D eigenvalue weighted by Gasteiger charge is -2.11. The topological polar surface area (TPSA) is 127 Å². The monoisotopic (exact) mass is 523 g/mol. The van der Waals surface area contributed by atoms with Crippen molar-refractivity contribution in [2.24, 2.45) is 5.92 Å². The highest BCUT2D eigenvalue weighted by atomic mass is 19.4. The highest BCUT2D eigenvalue weighted by Gasteiger charge is 2.31. The van der Waals surface area contributed by atoms with E-state index >= 15 is 0 Å². The molecule has 0 aliphatic heterocycles. The molecule has 1 aromatic carbocycles. The number of benzene rings is 1. The van der Waals surface area contributed by atoms with Gasteiger partial charge in [-0.2, -0.15) is 5.10 Å². The predicted molar refractivity (Wildman–Crippen MR) is 122 cm³/mol. The Morgan fingerprint density at radius 1 is 1.16 bits per heavy atom. The summed E-state index contributed by atoms with van der Waals surface area (Å²) in [5, 5.41) is 31.1. The number of hydrogen-bond donors (Lipinski definition) is 3. The number of aromatic nitrogens is 5. The zero-order valence-corrected chi connectivity index (χ0v) is 19.6. The molecule has 2 heterocycles. The van der Waals surface area contributed by atoms with Gasteiger partial charge in [-0.05, 0) is 62.4 Å². The molecule has 0 bridgehead atoms. The molecule has 0 spiro atoms. The molecule has 3 aromatic rings. The van der Waals surface area contributed by atoms with Crippen LogP contribution in [0.2, 0.25) is 0 Å². The van der Waals surface area contributed by atoms with E-state index in [1.165, 1.54) is 10.9 Å². The van der Waals surface area contributed by atoms with Gasteiger partial charge in [0.05, 0.1) is 11.9 Å². The number of aliphatic hydroxyl groups is 1. The lowest BCUT2D eigenvalue weighted by molar-refractivity contribution is -0.274. The van der Waals surface area contributed by atoms with Gasteiger partial charge in [0.2, 0.25) is 0 Å². The molecule has 37 heavy (non-hydrogen) atoms. The van der Waals surface area contributed by atoms with E-state index in [4.69, 9.17) is 0 Å². The van der Waals surface area contributed by atoms with Crippen LogP contribution in [0.4, 0.5) is 23.4 Å². The van der Waals surface area contributed by atoms with E-state index in [1.54, 1.807) is 6.07 Å². The van der Waals surface area contributed by atoms with E-state index < -0.39 is 30.1 Å². The van der Waals surface area contributed by atoms with Crippen LogP contribution in [0.3, 0.4) is 0 Å². The number of nitrogens with zero attached hydrogens (tertiary/aromatic N) is 5. The minimum absolute atomic E-state index is 0.00885. The van der Waals surface area contributed by atoms with Crippen LogP contribution < -0.4 is 15.4 Å². The molecule has 1 saturated carbocycles. The largest absolute Gasteiger partial charge is 0.573 e. The van der Waals surface area contributed by atoms with Crippen LogP contribution in [0, 0.1) is 11.7 Å². The average Bonchev–Trinajstić information content (AvgIpc) is 3.60. The Morgan fingerprint density at radius 3 is 2.68 bits per heavy atom. The standard InChI is InChI=1S/C23H25F4N7O3/c24-18-8-7-17(37-23(25,26)27)11-15(18)12-28-22(36)19-13-34(33-31-19)10-2-1-3-16-6-9-20(32-30-16)29-21(35)14-4-5-14/h6-9,11,13-14,21,35H,1-5,10,12H2,(H,28,36)(H,29,32). The van der Waals surface area contributed by atoms with Gasteiger partial charge in [-0.25, -0.2) is 4.39 Å². The van der Waals surface area contributed by atoms with Crippen LogP contribution in [-0.4, -0.2) is 48.8 Å². The van der Waals surface area contributed by atoms with Crippen LogP contribution in [0.15, 0.2) is 36.5 Å². The number of aryl methyl sites for hydroxylation is 2. The fourth-order valence-corrected chi connectivity index (χ4v) is 3.49. The zero-order chi connectivity index (χ0) is 26.4. The van der Waals surface area contributed by atoms with Gasteiger partial charge in [-0.3, -0.25) is 9.48 Å². The quantitative estimate of drug-likeness (QED) is 0.188. The van der Waals surface area contributed by atoms with Gasteiger partial charge in [0.1, 0.15) is 17.8 Å². The number of carbonyl (C=O) groups is 1.